The van der Waals surface area contributed by atoms with Crippen LogP contribution in [0.5, 0.6) is 5.75 Å². The first-order valence-electron chi connectivity index (χ1n) is 10.6. The molecule has 1 heterocycles. The number of methoxy groups -OCH3 is 1. The lowest BCUT2D eigenvalue weighted by Crippen LogP contribution is -2.32. The number of sulfonamides is 1. The van der Waals surface area contributed by atoms with Crippen LogP contribution in [-0.2, 0) is 14.8 Å². The highest BCUT2D eigenvalue weighted by Gasteiger charge is 2.25. The molecule has 0 unspecified atom stereocenters. The van der Waals surface area contributed by atoms with E-state index in [2.05, 4.69) is 4.72 Å². The van der Waals surface area contributed by atoms with E-state index < -0.39 is 16.0 Å². The SMILES string of the molecule is CCOC(=O)c1ccccc1NS(=O)(=O)c1ccc(OC)c(C(=O)N2CCCCCC2)c1. The molecule has 0 spiro atoms. The van der Waals surface area contributed by atoms with Gasteiger partial charge in [-0.2, -0.15) is 0 Å². The van der Waals surface area contributed by atoms with Crippen molar-refractivity contribution in [2.24, 2.45) is 0 Å². The van der Waals surface area contributed by atoms with Crippen molar-refractivity contribution in [1.82, 2.24) is 4.90 Å². The second-order valence-corrected chi connectivity index (χ2v) is 9.12. The highest BCUT2D eigenvalue weighted by atomic mass is 32.2. The third-order valence-corrected chi connectivity index (χ3v) is 6.63. The molecule has 0 aliphatic carbocycles. The lowest BCUT2D eigenvalue weighted by atomic mass is 10.1. The summed E-state index contributed by atoms with van der Waals surface area (Å²) in [5.74, 6) is -0.574. The summed E-state index contributed by atoms with van der Waals surface area (Å²) < 4.78 is 39.0. The van der Waals surface area contributed by atoms with Crippen molar-refractivity contribution in [3.8, 4) is 5.75 Å². The fourth-order valence-electron chi connectivity index (χ4n) is 3.63. The maximum Gasteiger partial charge on any atom is 0.340 e. The molecule has 2 aromatic rings. The van der Waals surface area contributed by atoms with Gasteiger partial charge in [-0.1, -0.05) is 25.0 Å². The predicted molar refractivity (Wildman–Crippen MR) is 121 cm³/mol. The number of ether oxygens (including phenoxy) is 2. The van der Waals surface area contributed by atoms with Gasteiger partial charge >= 0.3 is 5.97 Å². The molecule has 1 N–H and O–H groups in total. The van der Waals surface area contributed by atoms with Crippen LogP contribution in [0.3, 0.4) is 0 Å². The third kappa shape index (κ3) is 5.40. The molecule has 32 heavy (non-hydrogen) atoms. The monoisotopic (exact) mass is 460 g/mol. The fourth-order valence-corrected chi connectivity index (χ4v) is 4.73. The van der Waals surface area contributed by atoms with E-state index in [1.165, 1.54) is 37.4 Å². The van der Waals surface area contributed by atoms with Crippen LogP contribution in [0.4, 0.5) is 5.69 Å². The molecule has 1 aliphatic heterocycles. The molecular weight excluding hydrogens is 432 g/mol. The smallest absolute Gasteiger partial charge is 0.340 e. The quantitative estimate of drug-likeness (QED) is 0.633. The lowest BCUT2D eigenvalue weighted by Gasteiger charge is -2.22. The number of likely N-dealkylation sites (tertiary alicyclic amines) is 1. The van der Waals surface area contributed by atoms with Crippen molar-refractivity contribution in [2.45, 2.75) is 37.5 Å². The number of para-hydroxylation sites is 1. The molecule has 0 bridgehead atoms. The number of carbonyl (C=O) groups is 2. The second-order valence-electron chi connectivity index (χ2n) is 7.44. The zero-order valence-corrected chi connectivity index (χ0v) is 19.1. The molecule has 1 aliphatic rings. The number of nitrogens with one attached hydrogen (secondary N) is 1. The first-order chi connectivity index (χ1) is 15.4. The highest BCUT2D eigenvalue weighted by molar-refractivity contribution is 7.92. The van der Waals surface area contributed by atoms with Crippen molar-refractivity contribution in [1.29, 1.82) is 0 Å². The van der Waals surface area contributed by atoms with Crippen LogP contribution in [0.1, 0.15) is 53.3 Å². The third-order valence-electron chi connectivity index (χ3n) is 5.27. The number of anilines is 1. The number of esters is 1. The molecule has 2 aromatic carbocycles. The Morgan fingerprint density at radius 1 is 1.00 bits per heavy atom. The summed E-state index contributed by atoms with van der Waals surface area (Å²) in [6.07, 6.45) is 3.97. The minimum Gasteiger partial charge on any atom is -0.496 e. The summed E-state index contributed by atoms with van der Waals surface area (Å²) in [5, 5.41) is 0. The zero-order chi connectivity index (χ0) is 23.1. The van der Waals surface area contributed by atoms with E-state index in [1.807, 2.05) is 0 Å². The number of nitrogens with zero attached hydrogens (tertiary/aromatic N) is 1. The number of benzene rings is 2. The highest BCUT2D eigenvalue weighted by Crippen LogP contribution is 2.27. The van der Waals surface area contributed by atoms with Gasteiger partial charge in [-0.05, 0) is 50.1 Å². The molecule has 3 rings (SSSR count). The molecule has 1 amide bonds. The van der Waals surface area contributed by atoms with Crippen LogP contribution in [0.25, 0.3) is 0 Å². The lowest BCUT2D eigenvalue weighted by molar-refractivity contribution is 0.0527. The van der Waals surface area contributed by atoms with Gasteiger partial charge in [0.1, 0.15) is 5.75 Å². The minimum absolute atomic E-state index is 0.0992. The Balaban J connectivity index is 1.93. The van der Waals surface area contributed by atoms with Gasteiger partial charge < -0.3 is 14.4 Å². The van der Waals surface area contributed by atoms with Gasteiger partial charge in [-0.3, -0.25) is 9.52 Å². The second kappa shape index (κ2) is 10.5. The normalized spacial score (nSPS) is 14.4. The maximum atomic E-state index is 13.2. The summed E-state index contributed by atoms with van der Waals surface area (Å²) in [4.78, 5) is 27.0. The van der Waals surface area contributed by atoms with Crippen molar-refractivity contribution in [2.75, 3.05) is 31.5 Å². The van der Waals surface area contributed by atoms with Crippen molar-refractivity contribution in [3.63, 3.8) is 0 Å². The molecule has 0 atom stereocenters. The van der Waals surface area contributed by atoms with Gasteiger partial charge in [-0.15, -0.1) is 0 Å². The zero-order valence-electron chi connectivity index (χ0n) is 18.3. The van der Waals surface area contributed by atoms with E-state index in [0.717, 1.165) is 25.7 Å². The Hall–Kier alpha value is -3.07. The molecular formula is C23H28N2O6S. The number of rotatable bonds is 7. The van der Waals surface area contributed by atoms with E-state index in [4.69, 9.17) is 9.47 Å². The maximum absolute atomic E-state index is 13.2. The van der Waals surface area contributed by atoms with Crippen LogP contribution < -0.4 is 9.46 Å². The topological polar surface area (TPSA) is 102 Å². The molecule has 0 aromatic heterocycles. The predicted octanol–water partition coefficient (Wildman–Crippen LogP) is 3.69. The average molecular weight is 461 g/mol. The van der Waals surface area contributed by atoms with Gasteiger partial charge in [0.25, 0.3) is 15.9 Å². The van der Waals surface area contributed by atoms with Gasteiger partial charge in [0.05, 0.1) is 35.4 Å². The number of hydrogen-bond donors (Lipinski definition) is 1. The molecule has 9 heteroatoms. The van der Waals surface area contributed by atoms with Gasteiger partial charge in [0.2, 0.25) is 0 Å². The summed E-state index contributed by atoms with van der Waals surface area (Å²) in [6, 6.07) is 10.4. The van der Waals surface area contributed by atoms with Gasteiger partial charge in [0.15, 0.2) is 0 Å². The van der Waals surface area contributed by atoms with E-state index in [-0.39, 0.29) is 34.2 Å². The van der Waals surface area contributed by atoms with Crippen LogP contribution in [-0.4, -0.2) is 52.0 Å². The summed E-state index contributed by atoms with van der Waals surface area (Å²) in [7, 11) is -2.65. The fraction of sp³-hybridized carbons (Fsp3) is 0.391. The van der Waals surface area contributed by atoms with Crippen molar-refractivity contribution < 1.29 is 27.5 Å². The Morgan fingerprint density at radius 3 is 2.34 bits per heavy atom. The Labute approximate surface area is 188 Å². The van der Waals surface area contributed by atoms with E-state index >= 15 is 0 Å². The minimum atomic E-state index is -4.09. The number of amides is 1. The summed E-state index contributed by atoms with van der Waals surface area (Å²) >= 11 is 0. The Morgan fingerprint density at radius 2 is 1.69 bits per heavy atom. The van der Waals surface area contributed by atoms with Gasteiger partial charge in [0, 0.05) is 13.1 Å². The summed E-state index contributed by atoms with van der Waals surface area (Å²) in [5.41, 5.74) is 0.394. The molecule has 0 radical (unpaired) electrons. The molecule has 1 saturated heterocycles. The first kappa shape index (κ1) is 23.6. The Bertz CT molecular complexity index is 1080. The standard InChI is InChI=1S/C23H28N2O6S/c1-3-31-23(27)18-10-6-7-11-20(18)24-32(28,29)17-12-13-21(30-2)19(16-17)22(26)25-14-8-4-5-9-15-25/h6-7,10-13,16,24H,3-5,8-9,14-15H2,1-2H3. The van der Waals surface area contributed by atoms with Gasteiger partial charge in [-0.25, -0.2) is 13.2 Å². The number of hydrogen-bond acceptors (Lipinski definition) is 6. The average Bonchev–Trinajstić information content (AvgIpc) is 3.08. The van der Waals surface area contributed by atoms with Crippen molar-refractivity contribution >= 4 is 27.6 Å². The Kier molecular flexibility index (Phi) is 7.74. The molecule has 1 fully saturated rings. The van der Waals surface area contributed by atoms with Crippen LogP contribution in [0.15, 0.2) is 47.4 Å². The van der Waals surface area contributed by atoms with Crippen LogP contribution >= 0.6 is 0 Å². The largest absolute Gasteiger partial charge is 0.496 e. The summed E-state index contributed by atoms with van der Waals surface area (Å²) in [6.45, 7) is 3.10. The van der Waals surface area contributed by atoms with E-state index in [1.54, 1.807) is 24.0 Å². The van der Waals surface area contributed by atoms with Crippen LogP contribution in [0.2, 0.25) is 0 Å². The van der Waals surface area contributed by atoms with E-state index in [0.29, 0.717) is 18.8 Å². The van der Waals surface area contributed by atoms with Crippen molar-refractivity contribution in [3.05, 3.63) is 53.6 Å². The van der Waals surface area contributed by atoms with E-state index in [9.17, 15) is 18.0 Å². The first-order valence-corrected chi connectivity index (χ1v) is 12.1. The van der Waals surface area contributed by atoms with Crippen LogP contribution in [0, 0.1) is 0 Å². The number of carbonyl (C=O) groups excluding carboxylic acids is 2. The molecule has 172 valence electrons. The molecule has 8 nitrogen and oxygen atoms in total. The molecule has 0 saturated carbocycles.